The Kier molecular flexibility index (Phi) is 3.05. The van der Waals surface area contributed by atoms with Crippen molar-refractivity contribution in [2.75, 3.05) is 0 Å². The molecule has 1 aromatic carbocycles. The Morgan fingerprint density at radius 2 is 2.27 bits per heavy atom. The molecule has 0 radical (unpaired) electrons. The Morgan fingerprint density at radius 3 is 2.91 bits per heavy atom. The average molecular weight is 215 g/mol. The molecule has 0 saturated carbocycles. The summed E-state index contributed by atoms with van der Waals surface area (Å²) in [6.07, 6.45) is 0. The van der Waals surface area contributed by atoms with Crippen molar-refractivity contribution in [2.24, 2.45) is 5.84 Å². The highest BCUT2D eigenvalue weighted by Gasteiger charge is 1.97. The van der Waals surface area contributed by atoms with Crippen molar-refractivity contribution >= 4 is 15.9 Å². The fourth-order valence-electron chi connectivity index (χ4n) is 0.949. The van der Waals surface area contributed by atoms with Gasteiger partial charge in [0, 0.05) is 11.0 Å². The van der Waals surface area contributed by atoms with E-state index in [1.165, 1.54) is 11.1 Å². The molecule has 0 unspecified atom stereocenters. The standard InChI is InChI=1S/C8H11BrN2/c1-6-2-3-8(9)7(4-6)5-11-10/h2-4,11H,5,10H2,1H3. The van der Waals surface area contributed by atoms with Gasteiger partial charge in [-0.25, -0.2) is 0 Å². The quantitative estimate of drug-likeness (QED) is 0.582. The SMILES string of the molecule is Cc1ccc(Br)c(CNN)c1. The van der Waals surface area contributed by atoms with Crippen molar-refractivity contribution in [1.82, 2.24) is 5.43 Å². The van der Waals surface area contributed by atoms with Gasteiger partial charge in [0.2, 0.25) is 0 Å². The number of hydrazine groups is 1. The molecule has 3 heteroatoms. The Balaban J connectivity index is 2.93. The second-order valence-corrected chi connectivity index (χ2v) is 3.33. The highest BCUT2D eigenvalue weighted by Crippen LogP contribution is 2.17. The maximum absolute atomic E-state index is 5.21. The predicted octanol–water partition coefficient (Wildman–Crippen LogP) is 1.72. The lowest BCUT2D eigenvalue weighted by Gasteiger charge is -2.03. The van der Waals surface area contributed by atoms with Crippen LogP contribution in [-0.4, -0.2) is 0 Å². The van der Waals surface area contributed by atoms with Crippen LogP contribution in [0.15, 0.2) is 22.7 Å². The zero-order valence-electron chi connectivity index (χ0n) is 6.39. The lowest BCUT2D eigenvalue weighted by Crippen LogP contribution is -2.21. The summed E-state index contributed by atoms with van der Waals surface area (Å²) in [6.45, 7) is 2.76. The van der Waals surface area contributed by atoms with E-state index in [2.05, 4.69) is 40.4 Å². The van der Waals surface area contributed by atoms with Gasteiger partial charge in [-0.05, 0) is 18.6 Å². The van der Waals surface area contributed by atoms with Gasteiger partial charge in [-0.1, -0.05) is 33.6 Å². The monoisotopic (exact) mass is 214 g/mol. The smallest absolute Gasteiger partial charge is 0.0359 e. The van der Waals surface area contributed by atoms with Gasteiger partial charge in [0.15, 0.2) is 0 Å². The lowest BCUT2D eigenvalue weighted by atomic mass is 10.1. The Labute approximate surface area is 74.9 Å². The van der Waals surface area contributed by atoms with Gasteiger partial charge in [-0.15, -0.1) is 0 Å². The molecule has 11 heavy (non-hydrogen) atoms. The molecule has 0 atom stereocenters. The summed E-state index contributed by atoms with van der Waals surface area (Å²) >= 11 is 3.44. The Morgan fingerprint density at radius 1 is 1.55 bits per heavy atom. The van der Waals surface area contributed by atoms with Gasteiger partial charge < -0.3 is 0 Å². The van der Waals surface area contributed by atoms with Crippen molar-refractivity contribution in [2.45, 2.75) is 13.5 Å². The van der Waals surface area contributed by atoms with Crippen LogP contribution < -0.4 is 11.3 Å². The van der Waals surface area contributed by atoms with E-state index in [1.807, 2.05) is 6.07 Å². The van der Waals surface area contributed by atoms with Gasteiger partial charge in [-0.3, -0.25) is 11.3 Å². The fourth-order valence-corrected chi connectivity index (χ4v) is 1.34. The molecular weight excluding hydrogens is 204 g/mol. The number of nitrogens with two attached hydrogens (primary N) is 1. The molecule has 0 spiro atoms. The molecule has 0 saturated heterocycles. The summed E-state index contributed by atoms with van der Waals surface area (Å²) < 4.78 is 1.10. The van der Waals surface area contributed by atoms with Crippen molar-refractivity contribution < 1.29 is 0 Å². The third kappa shape index (κ3) is 2.29. The van der Waals surface area contributed by atoms with E-state index < -0.39 is 0 Å². The average Bonchev–Trinajstić information content (AvgIpc) is 1.98. The molecule has 0 bridgehead atoms. The molecule has 3 N–H and O–H groups in total. The first kappa shape index (κ1) is 8.71. The van der Waals surface area contributed by atoms with Crippen LogP contribution >= 0.6 is 15.9 Å². The summed E-state index contributed by atoms with van der Waals surface area (Å²) in [5.74, 6) is 5.21. The molecule has 1 rings (SSSR count). The maximum Gasteiger partial charge on any atom is 0.0359 e. The number of aryl methyl sites for hydroxylation is 1. The summed E-state index contributed by atoms with van der Waals surface area (Å²) in [5.41, 5.74) is 5.06. The zero-order valence-corrected chi connectivity index (χ0v) is 7.98. The molecule has 0 heterocycles. The molecule has 1 aromatic rings. The van der Waals surface area contributed by atoms with E-state index >= 15 is 0 Å². The summed E-state index contributed by atoms with van der Waals surface area (Å²) in [5, 5.41) is 0. The van der Waals surface area contributed by atoms with Gasteiger partial charge >= 0.3 is 0 Å². The second-order valence-electron chi connectivity index (χ2n) is 2.48. The van der Waals surface area contributed by atoms with E-state index in [4.69, 9.17) is 5.84 Å². The molecule has 0 aliphatic rings. The number of hydrogen-bond acceptors (Lipinski definition) is 2. The summed E-state index contributed by atoms with van der Waals surface area (Å²) in [4.78, 5) is 0. The first-order valence-corrected chi connectivity index (χ1v) is 4.22. The Bertz CT molecular complexity index is 248. The summed E-state index contributed by atoms with van der Waals surface area (Å²) in [7, 11) is 0. The van der Waals surface area contributed by atoms with Crippen LogP contribution in [0.3, 0.4) is 0 Å². The minimum Gasteiger partial charge on any atom is -0.271 e. The lowest BCUT2D eigenvalue weighted by molar-refractivity contribution is 0.738. The predicted molar refractivity (Wildman–Crippen MR) is 49.9 cm³/mol. The zero-order chi connectivity index (χ0) is 8.27. The fraction of sp³-hybridized carbons (Fsp3) is 0.250. The van der Waals surface area contributed by atoms with Crippen LogP contribution in [0.25, 0.3) is 0 Å². The van der Waals surface area contributed by atoms with E-state index in [0.29, 0.717) is 6.54 Å². The molecule has 0 aromatic heterocycles. The molecule has 0 amide bonds. The maximum atomic E-state index is 5.21. The van der Waals surface area contributed by atoms with Crippen molar-refractivity contribution in [3.8, 4) is 0 Å². The first-order valence-electron chi connectivity index (χ1n) is 3.42. The van der Waals surface area contributed by atoms with Gasteiger partial charge in [-0.2, -0.15) is 0 Å². The number of nitrogens with one attached hydrogen (secondary N) is 1. The van der Waals surface area contributed by atoms with Gasteiger partial charge in [0.25, 0.3) is 0 Å². The normalized spacial score (nSPS) is 10.1. The third-order valence-electron chi connectivity index (χ3n) is 1.49. The third-order valence-corrected chi connectivity index (χ3v) is 2.27. The molecule has 2 nitrogen and oxygen atoms in total. The minimum atomic E-state index is 0.697. The molecule has 60 valence electrons. The number of benzene rings is 1. The van der Waals surface area contributed by atoms with Crippen LogP contribution in [0, 0.1) is 6.92 Å². The van der Waals surface area contributed by atoms with E-state index in [9.17, 15) is 0 Å². The molecule has 0 aliphatic heterocycles. The van der Waals surface area contributed by atoms with E-state index in [1.54, 1.807) is 0 Å². The van der Waals surface area contributed by atoms with E-state index in [0.717, 1.165) is 4.47 Å². The number of rotatable bonds is 2. The molecule has 0 fully saturated rings. The summed E-state index contributed by atoms with van der Waals surface area (Å²) in [6, 6.07) is 6.19. The second kappa shape index (κ2) is 3.85. The van der Waals surface area contributed by atoms with Crippen LogP contribution in [0.2, 0.25) is 0 Å². The van der Waals surface area contributed by atoms with Crippen molar-refractivity contribution in [3.63, 3.8) is 0 Å². The molecule has 0 aliphatic carbocycles. The van der Waals surface area contributed by atoms with E-state index in [-0.39, 0.29) is 0 Å². The highest BCUT2D eigenvalue weighted by molar-refractivity contribution is 9.10. The van der Waals surface area contributed by atoms with Gasteiger partial charge in [0.05, 0.1) is 0 Å². The topological polar surface area (TPSA) is 38.0 Å². The Hall–Kier alpha value is -0.380. The number of hydrogen-bond donors (Lipinski definition) is 2. The highest BCUT2D eigenvalue weighted by atomic mass is 79.9. The minimum absolute atomic E-state index is 0.697. The van der Waals surface area contributed by atoms with Crippen molar-refractivity contribution in [3.05, 3.63) is 33.8 Å². The van der Waals surface area contributed by atoms with Crippen LogP contribution in [0.1, 0.15) is 11.1 Å². The van der Waals surface area contributed by atoms with Crippen molar-refractivity contribution in [1.29, 1.82) is 0 Å². The largest absolute Gasteiger partial charge is 0.271 e. The van der Waals surface area contributed by atoms with Crippen LogP contribution in [0.4, 0.5) is 0 Å². The van der Waals surface area contributed by atoms with Crippen LogP contribution in [-0.2, 0) is 6.54 Å². The molecular formula is C8H11BrN2. The van der Waals surface area contributed by atoms with Gasteiger partial charge in [0.1, 0.15) is 0 Å². The van der Waals surface area contributed by atoms with Crippen LogP contribution in [0.5, 0.6) is 0 Å². The number of halogens is 1. The first-order chi connectivity index (χ1) is 5.24.